The van der Waals surface area contributed by atoms with E-state index in [-0.39, 0.29) is 5.41 Å². The molecule has 0 spiro atoms. The number of fused-ring (bicyclic) bond motifs is 4. The van der Waals surface area contributed by atoms with Crippen molar-refractivity contribution >= 4 is 33.4 Å². The summed E-state index contributed by atoms with van der Waals surface area (Å²) < 4.78 is 0. The van der Waals surface area contributed by atoms with Gasteiger partial charge in [0.2, 0.25) is 0 Å². The van der Waals surface area contributed by atoms with Gasteiger partial charge in [-0.1, -0.05) is 201 Å². The van der Waals surface area contributed by atoms with Crippen molar-refractivity contribution in [1.29, 1.82) is 0 Å². The molecule has 296 valence electrons. The molecule has 0 N–H and O–H groups in total. The number of nitrogens with zero attached hydrogens (tertiary/aromatic N) is 1. The molecular formula is C61H47N. The maximum absolute atomic E-state index is 2.43. The maximum Gasteiger partial charge on any atom is 0.0540 e. The van der Waals surface area contributed by atoms with E-state index in [1.165, 1.54) is 83.1 Å². The number of anilines is 3. The fraction of sp³-hybridized carbons (Fsp3) is 0.0820. The summed E-state index contributed by atoms with van der Waals surface area (Å²) in [4.78, 5) is 2.43. The molecule has 2 aliphatic carbocycles. The van der Waals surface area contributed by atoms with Gasteiger partial charge in [-0.25, -0.2) is 0 Å². The van der Waals surface area contributed by atoms with Gasteiger partial charge < -0.3 is 4.90 Å². The van der Waals surface area contributed by atoms with E-state index in [1.54, 1.807) is 0 Å². The van der Waals surface area contributed by atoms with Crippen LogP contribution in [0.25, 0.3) is 60.9 Å². The molecule has 2 atom stereocenters. The molecule has 0 heterocycles. The highest BCUT2D eigenvalue weighted by Gasteiger charge is 2.40. The Hall–Kier alpha value is -7.48. The van der Waals surface area contributed by atoms with Crippen LogP contribution in [0.5, 0.6) is 0 Å². The third-order valence-electron chi connectivity index (χ3n) is 13.3. The normalized spacial score (nSPS) is 16.4. The van der Waals surface area contributed by atoms with Gasteiger partial charge in [-0.15, -0.1) is 0 Å². The lowest BCUT2D eigenvalue weighted by molar-refractivity contribution is 0.714. The van der Waals surface area contributed by atoms with E-state index >= 15 is 0 Å². The molecule has 0 saturated carbocycles. The Bertz CT molecular complexity index is 3150. The van der Waals surface area contributed by atoms with Gasteiger partial charge in [0, 0.05) is 22.4 Å². The highest BCUT2D eigenvalue weighted by atomic mass is 15.1. The molecule has 11 rings (SSSR count). The van der Waals surface area contributed by atoms with E-state index in [2.05, 4.69) is 249 Å². The summed E-state index contributed by atoms with van der Waals surface area (Å²) in [5.74, 6) is 0.503. The second kappa shape index (κ2) is 15.5. The lowest BCUT2D eigenvalue weighted by atomic mass is 9.74. The topological polar surface area (TPSA) is 3.24 Å². The number of hydrogen-bond acceptors (Lipinski definition) is 1. The Morgan fingerprint density at radius 3 is 1.71 bits per heavy atom. The minimum absolute atomic E-state index is 0.251. The smallest absolute Gasteiger partial charge is 0.0540 e. The van der Waals surface area contributed by atoms with Gasteiger partial charge in [0.05, 0.1) is 5.69 Å². The lowest BCUT2D eigenvalue weighted by Crippen LogP contribution is -2.22. The molecule has 0 bridgehead atoms. The zero-order valence-corrected chi connectivity index (χ0v) is 35.2. The van der Waals surface area contributed by atoms with Crippen molar-refractivity contribution < 1.29 is 0 Å². The van der Waals surface area contributed by atoms with Crippen LogP contribution in [0.3, 0.4) is 0 Å². The van der Waals surface area contributed by atoms with Gasteiger partial charge >= 0.3 is 0 Å². The molecule has 1 nitrogen and oxygen atoms in total. The van der Waals surface area contributed by atoms with E-state index in [4.69, 9.17) is 0 Å². The summed E-state index contributed by atoms with van der Waals surface area (Å²) >= 11 is 0. The number of rotatable bonds is 8. The average molecular weight is 794 g/mol. The predicted octanol–water partition coefficient (Wildman–Crippen LogP) is 16.6. The van der Waals surface area contributed by atoms with E-state index in [0.717, 1.165) is 23.5 Å². The number of benzene rings is 9. The fourth-order valence-corrected chi connectivity index (χ4v) is 10.1. The average Bonchev–Trinajstić information content (AvgIpc) is 3.60. The largest absolute Gasteiger partial charge is 0.310 e. The highest BCUT2D eigenvalue weighted by molar-refractivity contribution is 6.07. The number of allylic oxidation sites excluding steroid dienone is 4. The van der Waals surface area contributed by atoms with Gasteiger partial charge in [0.1, 0.15) is 0 Å². The van der Waals surface area contributed by atoms with Crippen molar-refractivity contribution in [3.63, 3.8) is 0 Å². The summed E-state index contributed by atoms with van der Waals surface area (Å²) in [7, 11) is 0. The van der Waals surface area contributed by atoms with Gasteiger partial charge in [0.25, 0.3) is 0 Å². The molecule has 62 heavy (non-hydrogen) atoms. The summed E-state index contributed by atoms with van der Waals surface area (Å²) in [6, 6.07) is 78.2. The van der Waals surface area contributed by atoms with Crippen LogP contribution in [0.4, 0.5) is 17.1 Å². The quantitative estimate of drug-likeness (QED) is 0.148. The monoisotopic (exact) mass is 793 g/mol. The summed E-state index contributed by atoms with van der Waals surface area (Å²) in [6.45, 7) is 4.70. The zero-order valence-electron chi connectivity index (χ0n) is 35.2. The van der Waals surface area contributed by atoms with Crippen molar-refractivity contribution in [2.75, 3.05) is 4.90 Å². The third kappa shape index (κ3) is 6.41. The molecule has 1 heteroatoms. The second-order valence-corrected chi connectivity index (χ2v) is 17.1. The van der Waals surface area contributed by atoms with Crippen molar-refractivity contribution in [3.8, 4) is 44.5 Å². The van der Waals surface area contributed by atoms with E-state index < -0.39 is 0 Å². The molecule has 2 unspecified atom stereocenters. The molecule has 0 aromatic heterocycles. The molecule has 0 saturated heterocycles. The van der Waals surface area contributed by atoms with Crippen LogP contribution in [0.1, 0.15) is 42.5 Å². The SMILES string of the molecule is CC1C=C(c2cccc3cccc(-c4ccccc4N(c4ccc(-c5ccccc5)cc4)c4ccc(-c5ccc6c(c5)C(C)(c5ccccc5)c5ccccc5-6)cc4)c23)C=CC1. The standard InChI is InChI=1S/C61H47N/c1-42-16-13-21-48(40-42)52-26-14-19-46-20-15-27-56(60(46)52)55-25-10-12-29-59(55)62(50-35-30-44(31-36-50)43-17-5-3-6-18-43)51-37-32-45(33-38-51)47-34-39-54-53-24-9-11-28-57(53)61(2,58(54)41-47)49-22-7-4-8-23-49/h3-15,17-42H,16H2,1-2H3. The van der Waals surface area contributed by atoms with Gasteiger partial charge in [0.15, 0.2) is 0 Å². The van der Waals surface area contributed by atoms with Crippen molar-refractivity contribution in [2.45, 2.75) is 25.7 Å². The first-order valence-corrected chi connectivity index (χ1v) is 21.9. The first-order chi connectivity index (χ1) is 30.5. The van der Waals surface area contributed by atoms with Crippen molar-refractivity contribution in [1.82, 2.24) is 0 Å². The van der Waals surface area contributed by atoms with E-state index in [1.807, 2.05) is 0 Å². The Balaban J connectivity index is 1.05. The summed E-state index contributed by atoms with van der Waals surface area (Å²) in [6.07, 6.45) is 8.14. The molecular weight excluding hydrogens is 747 g/mol. The number of hydrogen-bond donors (Lipinski definition) is 0. The van der Waals surface area contributed by atoms with Crippen LogP contribution in [0.2, 0.25) is 0 Å². The number of para-hydroxylation sites is 1. The van der Waals surface area contributed by atoms with E-state index in [9.17, 15) is 0 Å². The van der Waals surface area contributed by atoms with Crippen LogP contribution in [0, 0.1) is 5.92 Å². The Morgan fingerprint density at radius 2 is 1.00 bits per heavy atom. The Morgan fingerprint density at radius 1 is 0.452 bits per heavy atom. The van der Waals surface area contributed by atoms with Crippen LogP contribution < -0.4 is 4.90 Å². The van der Waals surface area contributed by atoms with Gasteiger partial charge in [-0.05, 0) is 133 Å². The Labute approximate surface area is 365 Å². The first-order valence-electron chi connectivity index (χ1n) is 21.9. The molecule has 0 aliphatic heterocycles. The van der Waals surface area contributed by atoms with E-state index in [0.29, 0.717) is 5.92 Å². The van der Waals surface area contributed by atoms with Crippen LogP contribution in [-0.4, -0.2) is 0 Å². The molecule has 0 radical (unpaired) electrons. The lowest BCUT2D eigenvalue weighted by Gasteiger charge is -2.29. The van der Waals surface area contributed by atoms with Crippen LogP contribution in [-0.2, 0) is 5.41 Å². The molecule has 2 aliphatic rings. The second-order valence-electron chi connectivity index (χ2n) is 17.1. The van der Waals surface area contributed by atoms with Crippen LogP contribution >= 0.6 is 0 Å². The maximum atomic E-state index is 2.43. The predicted molar refractivity (Wildman–Crippen MR) is 263 cm³/mol. The minimum Gasteiger partial charge on any atom is -0.310 e. The van der Waals surface area contributed by atoms with Crippen LogP contribution in [0.15, 0.2) is 231 Å². The zero-order chi connectivity index (χ0) is 41.6. The fourth-order valence-electron chi connectivity index (χ4n) is 10.1. The highest BCUT2D eigenvalue weighted by Crippen LogP contribution is 2.53. The third-order valence-corrected chi connectivity index (χ3v) is 13.3. The molecule has 0 amide bonds. The van der Waals surface area contributed by atoms with Gasteiger partial charge in [-0.2, -0.15) is 0 Å². The first kappa shape index (κ1) is 37.5. The molecule has 9 aromatic carbocycles. The van der Waals surface area contributed by atoms with Crippen molar-refractivity contribution in [3.05, 3.63) is 253 Å². The summed E-state index contributed by atoms with van der Waals surface area (Å²) in [5, 5.41) is 2.52. The van der Waals surface area contributed by atoms with Crippen molar-refractivity contribution in [2.24, 2.45) is 5.92 Å². The molecule has 9 aromatic rings. The van der Waals surface area contributed by atoms with Gasteiger partial charge in [-0.3, -0.25) is 0 Å². The minimum atomic E-state index is -0.251. The Kier molecular flexibility index (Phi) is 9.39. The molecule has 0 fully saturated rings. The summed E-state index contributed by atoms with van der Waals surface area (Å²) in [5.41, 5.74) is 19.5.